The summed E-state index contributed by atoms with van der Waals surface area (Å²) in [6.45, 7) is 2.63. The number of anilines is 2. The first-order valence-electron chi connectivity index (χ1n) is 8.54. The summed E-state index contributed by atoms with van der Waals surface area (Å²) in [4.78, 5) is 29.2. The molecule has 1 fully saturated rings. The van der Waals surface area contributed by atoms with E-state index in [1.54, 1.807) is 18.2 Å². The van der Waals surface area contributed by atoms with E-state index in [9.17, 15) is 9.59 Å². The monoisotopic (exact) mass is 354 g/mol. The molecule has 0 bridgehead atoms. The zero-order chi connectivity index (χ0) is 17.6. The average molecular weight is 355 g/mol. The Morgan fingerprint density at radius 3 is 2.64 bits per heavy atom. The van der Waals surface area contributed by atoms with E-state index >= 15 is 0 Å². The topological polar surface area (TPSA) is 40.6 Å². The van der Waals surface area contributed by atoms with Crippen LogP contribution in [0.25, 0.3) is 0 Å². The number of halogens is 1. The van der Waals surface area contributed by atoms with Crippen molar-refractivity contribution >= 4 is 34.8 Å². The van der Waals surface area contributed by atoms with Crippen molar-refractivity contribution in [2.24, 2.45) is 0 Å². The van der Waals surface area contributed by atoms with Gasteiger partial charge in [-0.3, -0.25) is 9.59 Å². The molecule has 0 aliphatic carbocycles. The molecule has 2 aliphatic rings. The molecule has 25 heavy (non-hydrogen) atoms. The van der Waals surface area contributed by atoms with Crippen LogP contribution in [0.1, 0.15) is 24.0 Å². The van der Waals surface area contributed by atoms with Gasteiger partial charge in [-0.25, -0.2) is 4.90 Å². The number of imide groups is 1. The van der Waals surface area contributed by atoms with Crippen molar-refractivity contribution < 1.29 is 9.59 Å². The molecule has 0 radical (unpaired) electrons. The number of fused-ring (bicyclic) bond motifs is 1. The Labute approximate surface area is 152 Å². The maximum atomic E-state index is 13.1. The number of carbonyl (C=O) groups is 2. The zero-order valence-electron chi connectivity index (χ0n) is 14.0. The second kappa shape index (κ2) is 6.19. The van der Waals surface area contributed by atoms with E-state index in [1.807, 2.05) is 25.1 Å². The fraction of sp³-hybridized carbons (Fsp3) is 0.300. The fourth-order valence-electron chi connectivity index (χ4n) is 3.84. The van der Waals surface area contributed by atoms with Crippen LogP contribution < -0.4 is 9.80 Å². The van der Waals surface area contributed by atoms with Crippen LogP contribution in [-0.4, -0.2) is 24.4 Å². The summed E-state index contributed by atoms with van der Waals surface area (Å²) in [5.41, 5.74) is 3.66. The molecule has 1 atom stereocenters. The number of rotatable bonds is 2. The summed E-state index contributed by atoms with van der Waals surface area (Å²) >= 11 is 6.18. The Morgan fingerprint density at radius 2 is 1.80 bits per heavy atom. The molecule has 2 heterocycles. The summed E-state index contributed by atoms with van der Waals surface area (Å²) in [5, 5.41) is 0.560. The van der Waals surface area contributed by atoms with Gasteiger partial charge in [0, 0.05) is 17.3 Å². The molecular weight excluding hydrogens is 336 g/mol. The summed E-state index contributed by atoms with van der Waals surface area (Å²) < 4.78 is 0. The van der Waals surface area contributed by atoms with Crippen molar-refractivity contribution in [1.29, 1.82) is 0 Å². The molecule has 5 heteroatoms. The smallest absolute Gasteiger partial charge is 0.256 e. The molecular formula is C20H19ClN2O2. The molecule has 0 N–H and O–H groups in total. The standard InChI is InChI=1S/C20H19ClN2O2/c1-13-15(21)8-4-10-16(13)23-19(24)12-18(20(23)25)22-11-5-7-14-6-2-3-9-17(14)22/h2-4,6,8-10,18H,5,7,11-12H2,1H3/t18-/m1/s1. The number of carbonyl (C=O) groups excluding carboxylic acids is 2. The van der Waals surface area contributed by atoms with Crippen LogP contribution in [-0.2, 0) is 16.0 Å². The Kier molecular flexibility index (Phi) is 4.00. The highest BCUT2D eigenvalue weighted by molar-refractivity contribution is 6.32. The molecule has 2 amide bonds. The molecule has 2 aliphatic heterocycles. The summed E-state index contributed by atoms with van der Waals surface area (Å²) in [7, 11) is 0. The third-order valence-electron chi connectivity index (χ3n) is 5.13. The number of hydrogen-bond donors (Lipinski definition) is 0. The third kappa shape index (κ3) is 2.61. The lowest BCUT2D eigenvalue weighted by Gasteiger charge is -2.34. The van der Waals surface area contributed by atoms with Crippen LogP contribution in [0.4, 0.5) is 11.4 Å². The van der Waals surface area contributed by atoms with Gasteiger partial charge in [-0.15, -0.1) is 0 Å². The van der Waals surface area contributed by atoms with Crippen molar-refractivity contribution in [3.05, 3.63) is 58.6 Å². The first kappa shape index (κ1) is 16.2. The first-order chi connectivity index (χ1) is 12.1. The molecule has 0 spiro atoms. The molecule has 2 aromatic rings. The van der Waals surface area contributed by atoms with Gasteiger partial charge >= 0.3 is 0 Å². The number of benzene rings is 2. The Balaban J connectivity index is 1.70. The fourth-order valence-corrected chi connectivity index (χ4v) is 4.01. The minimum Gasteiger partial charge on any atom is -0.359 e. The third-order valence-corrected chi connectivity index (χ3v) is 5.53. The molecule has 1 saturated heterocycles. The van der Waals surface area contributed by atoms with Crippen molar-refractivity contribution in [3.8, 4) is 0 Å². The normalized spacial score (nSPS) is 20.2. The quantitative estimate of drug-likeness (QED) is 0.771. The highest BCUT2D eigenvalue weighted by Crippen LogP contribution is 2.35. The van der Waals surface area contributed by atoms with Gasteiger partial charge in [0.15, 0.2) is 0 Å². The SMILES string of the molecule is Cc1c(Cl)cccc1N1C(=O)C[C@@H](N2CCCc3ccccc32)C1=O. The predicted molar refractivity (Wildman–Crippen MR) is 99.2 cm³/mol. The molecule has 128 valence electrons. The largest absolute Gasteiger partial charge is 0.359 e. The number of aryl methyl sites for hydroxylation is 1. The molecule has 0 aromatic heterocycles. The van der Waals surface area contributed by atoms with E-state index in [4.69, 9.17) is 11.6 Å². The lowest BCUT2D eigenvalue weighted by atomic mass is 9.99. The van der Waals surface area contributed by atoms with Gasteiger partial charge in [0.1, 0.15) is 6.04 Å². The van der Waals surface area contributed by atoms with Gasteiger partial charge in [-0.05, 0) is 49.1 Å². The highest BCUT2D eigenvalue weighted by Gasteiger charge is 2.44. The molecule has 4 rings (SSSR count). The van der Waals surface area contributed by atoms with Crippen LogP contribution in [0.15, 0.2) is 42.5 Å². The van der Waals surface area contributed by atoms with Gasteiger partial charge in [0.05, 0.1) is 12.1 Å². The van der Waals surface area contributed by atoms with Crippen LogP contribution in [0.3, 0.4) is 0 Å². The number of hydrogen-bond acceptors (Lipinski definition) is 3. The Bertz CT molecular complexity index is 865. The average Bonchev–Trinajstić information content (AvgIpc) is 2.91. The van der Waals surface area contributed by atoms with Crippen LogP contribution >= 0.6 is 11.6 Å². The zero-order valence-corrected chi connectivity index (χ0v) is 14.8. The number of amides is 2. The lowest BCUT2D eigenvalue weighted by Crippen LogP contribution is -2.44. The van der Waals surface area contributed by atoms with Crippen molar-refractivity contribution in [2.45, 2.75) is 32.2 Å². The van der Waals surface area contributed by atoms with Gasteiger partial charge < -0.3 is 4.90 Å². The summed E-state index contributed by atoms with van der Waals surface area (Å²) in [6.07, 6.45) is 2.21. The predicted octanol–water partition coefficient (Wildman–Crippen LogP) is 3.73. The van der Waals surface area contributed by atoms with E-state index in [1.165, 1.54) is 10.5 Å². The second-order valence-electron chi connectivity index (χ2n) is 6.60. The van der Waals surface area contributed by atoms with E-state index in [-0.39, 0.29) is 18.2 Å². The van der Waals surface area contributed by atoms with Gasteiger partial charge in [0.2, 0.25) is 5.91 Å². The summed E-state index contributed by atoms with van der Waals surface area (Å²) in [5.74, 6) is -0.324. The number of nitrogens with zero attached hydrogens (tertiary/aromatic N) is 2. The molecule has 4 nitrogen and oxygen atoms in total. The van der Waals surface area contributed by atoms with E-state index in [0.717, 1.165) is 30.6 Å². The molecule has 2 aromatic carbocycles. The van der Waals surface area contributed by atoms with Crippen molar-refractivity contribution in [1.82, 2.24) is 0 Å². The van der Waals surface area contributed by atoms with Crippen LogP contribution in [0.2, 0.25) is 5.02 Å². The Hall–Kier alpha value is -2.33. The highest BCUT2D eigenvalue weighted by atomic mass is 35.5. The minimum atomic E-state index is -0.438. The van der Waals surface area contributed by atoms with E-state index < -0.39 is 6.04 Å². The van der Waals surface area contributed by atoms with Crippen LogP contribution in [0, 0.1) is 6.92 Å². The van der Waals surface area contributed by atoms with Crippen LogP contribution in [0.5, 0.6) is 0 Å². The maximum absolute atomic E-state index is 13.1. The maximum Gasteiger partial charge on any atom is 0.256 e. The molecule has 0 unspecified atom stereocenters. The van der Waals surface area contributed by atoms with E-state index in [0.29, 0.717) is 10.7 Å². The number of para-hydroxylation sites is 1. The first-order valence-corrected chi connectivity index (χ1v) is 8.92. The lowest BCUT2D eigenvalue weighted by molar-refractivity contribution is -0.121. The second-order valence-corrected chi connectivity index (χ2v) is 7.00. The van der Waals surface area contributed by atoms with Crippen molar-refractivity contribution in [2.75, 3.05) is 16.3 Å². The minimum absolute atomic E-state index is 0.160. The molecule has 0 saturated carbocycles. The van der Waals surface area contributed by atoms with Crippen molar-refractivity contribution in [3.63, 3.8) is 0 Å². The van der Waals surface area contributed by atoms with Gasteiger partial charge in [0.25, 0.3) is 5.91 Å². The van der Waals surface area contributed by atoms with E-state index in [2.05, 4.69) is 11.0 Å². The van der Waals surface area contributed by atoms with Gasteiger partial charge in [-0.1, -0.05) is 35.9 Å². The Morgan fingerprint density at radius 1 is 1.04 bits per heavy atom. The summed E-state index contributed by atoms with van der Waals surface area (Å²) in [6, 6.07) is 13.0. The van der Waals surface area contributed by atoms with Gasteiger partial charge in [-0.2, -0.15) is 0 Å².